The number of piperazine rings is 1. The first-order valence-electron chi connectivity index (χ1n) is 9.81. The molecule has 1 saturated heterocycles. The second-order valence-electron chi connectivity index (χ2n) is 7.28. The number of halogens is 4. The van der Waals surface area contributed by atoms with E-state index in [9.17, 15) is 21.6 Å². The first-order valence-corrected chi connectivity index (χ1v) is 12.5. The fourth-order valence-electron chi connectivity index (χ4n) is 3.46. The van der Waals surface area contributed by atoms with Gasteiger partial charge in [0.05, 0.1) is 23.4 Å². The van der Waals surface area contributed by atoms with Crippen LogP contribution in [0.2, 0.25) is 5.02 Å². The maximum Gasteiger partial charge on any atom is 0.416 e. The fourth-order valence-corrected chi connectivity index (χ4v) is 6.27. The van der Waals surface area contributed by atoms with E-state index in [1.807, 2.05) is 34.5 Å². The number of methoxy groups -OCH3 is 1. The van der Waals surface area contributed by atoms with Crippen molar-refractivity contribution in [1.29, 1.82) is 0 Å². The van der Waals surface area contributed by atoms with E-state index < -0.39 is 26.7 Å². The van der Waals surface area contributed by atoms with E-state index in [1.54, 1.807) is 7.11 Å². The monoisotopic (exact) mass is 517 g/mol. The van der Waals surface area contributed by atoms with Crippen LogP contribution in [-0.2, 0) is 16.2 Å². The van der Waals surface area contributed by atoms with Gasteiger partial charge in [-0.2, -0.15) is 17.5 Å². The van der Waals surface area contributed by atoms with Crippen LogP contribution in [0.5, 0.6) is 5.75 Å². The zero-order valence-corrected chi connectivity index (χ0v) is 19.7. The van der Waals surface area contributed by atoms with Gasteiger partial charge in [0.15, 0.2) is 5.13 Å². The third-order valence-corrected chi connectivity index (χ3v) is 8.52. The summed E-state index contributed by atoms with van der Waals surface area (Å²) >= 11 is 7.39. The minimum Gasteiger partial charge on any atom is -0.497 e. The van der Waals surface area contributed by atoms with Gasteiger partial charge in [0.2, 0.25) is 10.0 Å². The lowest BCUT2D eigenvalue weighted by atomic mass is 10.2. The smallest absolute Gasteiger partial charge is 0.416 e. The summed E-state index contributed by atoms with van der Waals surface area (Å²) in [5.74, 6) is 0.717. The molecule has 4 rings (SSSR count). The highest BCUT2D eigenvalue weighted by molar-refractivity contribution is 7.89. The van der Waals surface area contributed by atoms with Crippen LogP contribution in [0.15, 0.2) is 52.7 Å². The SMILES string of the molecule is COc1cccc(-c2csc(N3CCN(S(=O)(=O)c4cc(C(F)(F)F)ccc4Cl)CC3)n2)c1. The largest absolute Gasteiger partial charge is 0.497 e. The summed E-state index contributed by atoms with van der Waals surface area (Å²) in [6.07, 6.45) is -4.67. The number of alkyl halides is 3. The van der Waals surface area contributed by atoms with Gasteiger partial charge in [0.25, 0.3) is 0 Å². The molecule has 0 radical (unpaired) electrons. The summed E-state index contributed by atoms with van der Waals surface area (Å²) in [6, 6.07) is 9.83. The van der Waals surface area contributed by atoms with Crippen LogP contribution in [0.25, 0.3) is 11.3 Å². The molecular weight excluding hydrogens is 499 g/mol. The molecule has 0 saturated carbocycles. The molecule has 0 bridgehead atoms. The summed E-state index contributed by atoms with van der Waals surface area (Å²) in [5, 5.41) is 2.41. The topological polar surface area (TPSA) is 62.7 Å². The highest BCUT2D eigenvalue weighted by Gasteiger charge is 2.35. The summed E-state index contributed by atoms with van der Waals surface area (Å²) in [4.78, 5) is 6.07. The average molecular weight is 518 g/mol. The number of thiazole rings is 1. The van der Waals surface area contributed by atoms with Crippen LogP contribution >= 0.6 is 22.9 Å². The molecule has 0 aliphatic carbocycles. The third kappa shape index (κ3) is 4.96. The van der Waals surface area contributed by atoms with Crippen LogP contribution in [0.4, 0.5) is 18.3 Å². The van der Waals surface area contributed by atoms with Crippen molar-refractivity contribution in [3.8, 4) is 17.0 Å². The minimum absolute atomic E-state index is 0.100. The number of sulfonamides is 1. The predicted octanol–water partition coefficient (Wildman–Crippen LogP) is 5.00. The van der Waals surface area contributed by atoms with Gasteiger partial charge >= 0.3 is 6.18 Å². The van der Waals surface area contributed by atoms with Gasteiger partial charge in [-0.3, -0.25) is 0 Å². The molecule has 1 aliphatic rings. The van der Waals surface area contributed by atoms with Gasteiger partial charge in [-0.05, 0) is 30.3 Å². The van der Waals surface area contributed by atoms with E-state index in [4.69, 9.17) is 16.3 Å². The van der Waals surface area contributed by atoms with Gasteiger partial charge in [-0.1, -0.05) is 23.7 Å². The second kappa shape index (κ2) is 9.13. The zero-order valence-electron chi connectivity index (χ0n) is 17.3. The molecule has 1 fully saturated rings. The lowest BCUT2D eigenvalue weighted by molar-refractivity contribution is -0.137. The third-order valence-electron chi connectivity index (χ3n) is 5.24. The predicted molar refractivity (Wildman–Crippen MR) is 122 cm³/mol. The van der Waals surface area contributed by atoms with Crippen molar-refractivity contribution in [1.82, 2.24) is 9.29 Å². The van der Waals surface area contributed by atoms with E-state index in [2.05, 4.69) is 4.98 Å². The van der Waals surface area contributed by atoms with Crippen molar-refractivity contribution in [2.75, 3.05) is 38.2 Å². The van der Waals surface area contributed by atoms with Crippen molar-refractivity contribution >= 4 is 38.1 Å². The Hall–Kier alpha value is -2.34. The molecule has 0 spiro atoms. The Labute approximate surface area is 198 Å². The van der Waals surface area contributed by atoms with Crippen molar-refractivity contribution < 1.29 is 26.3 Å². The fraction of sp³-hybridized carbons (Fsp3) is 0.286. The molecule has 0 atom stereocenters. The number of benzene rings is 2. The van der Waals surface area contributed by atoms with Crippen molar-refractivity contribution in [2.45, 2.75) is 11.1 Å². The van der Waals surface area contributed by atoms with Gasteiger partial charge in [-0.25, -0.2) is 13.4 Å². The highest BCUT2D eigenvalue weighted by atomic mass is 35.5. The quantitative estimate of drug-likeness (QED) is 0.476. The molecule has 6 nitrogen and oxygen atoms in total. The number of hydrogen-bond donors (Lipinski definition) is 0. The van der Waals surface area contributed by atoms with E-state index >= 15 is 0 Å². The molecule has 33 heavy (non-hydrogen) atoms. The molecule has 2 heterocycles. The van der Waals surface area contributed by atoms with E-state index in [0.717, 1.165) is 32.8 Å². The normalized spacial score (nSPS) is 15.6. The number of hydrogen-bond acceptors (Lipinski definition) is 6. The molecule has 0 amide bonds. The van der Waals surface area contributed by atoms with E-state index in [-0.39, 0.29) is 18.1 Å². The number of nitrogens with zero attached hydrogens (tertiary/aromatic N) is 3. The Balaban J connectivity index is 1.49. The van der Waals surface area contributed by atoms with Crippen molar-refractivity contribution in [3.63, 3.8) is 0 Å². The second-order valence-corrected chi connectivity index (χ2v) is 10.4. The van der Waals surface area contributed by atoms with Gasteiger partial charge in [-0.15, -0.1) is 11.3 Å². The maximum absolute atomic E-state index is 13.1. The lowest BCUT2D eigenvalue weighted by Gasteiger charge is -2.34. The number of rotatable bonds is 5. The molecular formula is C21H19ClF3N3O3S2. The molecule has 3 aromatic rings. The highest BCUT2D eigenvalue weighted by Crippen LogP contribution is 2.35. The van der Waals surface area contributed by atoms with Crippen LogP contribution in [0.3, 0.4) is 0 Å². The molecule has 0 N–H and O–H groups in total. The summed E-state index contributed by atoms with van der Waals surface area (Å²) < 4.78 is 71.6. The standard InChI is InChI=1S/C21H19ClF3N3O3S2/c1-31-16-4-2-3-14(11-16)18-13-32-20(26-18)27-7-9-28(10-8-27)33(29,30)19-12-15(21(23,24)25)5-6-17(19)22/h2-6,11-13H,7-10H2,1H3. The first kappa shape index (κ1) is 23.8. The Morgan fingerprint density at radius 3 is 2.48 bits per heavy atom. The minimum atomic E-state index is -4.67. The molecule has 2 aromatic carbocycles. The van der Waals surface area contributed by atoms with Crippen molar-refractivity contribution in [2.24, 2.45) is 0 Å². The van der Waals surface area contributed by atoms with E-state index in [1.165, 1.54) is 11.3 Å². The number of ether oxygens (including phenoxy) is 1. The molecule has 1 aromatic heterocycles. The van der Waals surface area contributed by atoms with Crippen LogP contribution < -0.4 is 9.64 Å². The first-order chi connectivity index (χ1) is 15.6. The van der Waals surface area contributed by atoms with Gasteiger partial charge < -0.3 is 9.64 Å². The Morgan fingerprint density at radius 2 is 1.82 bits per heavy atom. The van der Waals surface area contributed by atoms with Crippen LogP contribution in [-0.4, -0.2) is 51.0 Å². The van der Waals surface area contributed by atoms with Crippen LogP contribution in [0, 0.1) is 0 Å². The van der Waals surface area contributed by atoms with Gasteiger partial charge in [0.1, 0.15) is 10.6 Å². The molecule has 1 aliphatic heterocycles. The summed E-state index contributed by atoms with van der Waals surface area (Å²) in [5.41, 5.74) is 0.619. The maximum atomic E-state index is 13.1. The molecule has 176 valence electrons. The molecule has 0 unspecified atom stereocenters. The van der Waals surface area contributed by atoms with Crippen molar-refractivity contribution in [3.05, 3.63) is 58.4 Å². The molecule has 12 heteroatoms. The summed E-state index contributed by atoms with van der Waals surface area (Å²) in [7, 11) is -2.59. The Morgan fingerprint density at radius 1 is 1.09 bits per heavy atom. The van der Waals surface area contributed by atoms with Crippen LogP contribution in [0.1, 0.15) is 5.56 Å². The Kier molecular flexibility index (Phi) is 6.59. The summed E-state index contributed by atoms with van der Waals surface area (Å²) in [6.45, 7) is 0.897. The number of anilines is 1. The lowest BCUT2D eigenvalue weighted by Crippen LogP contribution is -2.48. The van der Waals surface area contributed by atoms with E-state index in [0.29, 0.717) is 24.9 Å². The zero-order chi connectivity index (χ0) is 23.8. The average Bonchev–Trinajstić information content (AvgIpc) is 3.29. The number of aromatic nitrogens is 1. The van der Waals surface area contributed by atoms with Gasteiger partial charge in [0, 0.05) is 37.1 Å². The Bertz CT molecular complexity index is 1260.